The molecule has 0 saturated heterocycles. The quantitative estimate of drug-likeness (QED) is 0.666. The second-order valence-corrected chi connectivity index (χ2v) is 3.55. The highest BCUT2D eigenvalue weighted by molar-refractivity contribution is 5.27. The van der Waals surface area contributed by atoms with Crippen molar-refractivity contribution < 1.29 is 0 Å². The van der Waals surface area contributed by atoms with Gasteiger partial charge in [0.05, 0.1) is 0 Å². The van der Waals surface area contributed by atoms with Crippen LogP contribution < -0.4 is 0 Å². The lowest BCUT2D eigenvalue weighted by Gasteiger charge is -2.01. The van der Waals surface area contributed by atoms with Crippen LogP contribution in [0.3, 0.4) is 0 Å². The molecule has 14 heavy (non-hydrogen) atoms. The normalized spacial score (nSPS) is 10.1. The fourth-order valence-electron chi connectivity index (χ4n) is 1.47. The predicted octanol–water partition coefficient (Wildman–Crippen LogP) is 3.39. The lowest BCUT2D eigenvalue weighted by molar-refractivity contribution is 1.18. The number of benzene rings is 2. The first kappa shape index (κ1) is 9.01. The van der Waals surface area contributed by atoms with Gasteiger partial charge in [0.1, 0.15) is 0 Å². The molecule has 0 bridgehead atoms. The maximum atomic E-state index is 3.23. The van der Waals surface area contributed by atoms with Gasteiger partial charge in [-0.2, -0.15) is 0 Å². The average Bonchev–Trinajstić information content (AvgIpc) is 2.23. The van der Waals surface area contributed by atoms with Gasteiger partial charge in [0, 0.05) is 0 Å². The molecule has 0 N–H and O–H groups in total. The van der Waals surface area contributed by atoms with Crippen LogP contribution in [0.1, 0.15) is 16.7 Å². The molecule has 0 aliphatic rings. The molecule has 0 aliphatic heterocycles. The maximum absolute atomic E-state index is 3.23. The number of aryl methyl sites for hydroxylation is 1. The van der Waals surface area contributed by atoms with Gasteiger partial charge < -0.3 is 0 Å². The van der Waals surface area contributed by atoms with Crippen LogP contribution in [0.4, 0.5) is 0 Å². The summed E-state index contributed by atoms with van der Waals surface area (Å²) in [6, 6.07) is 20.0. The molecule has 1 radical (unpaired) electrons. The fraction of sp³-hybridized carbons (Fsp3) is 0.143. The number of hydrogen-bond donors (Lipinski definition) is 0. The topological polar surface area (TPSA) is 0 Å². The summed E-state index contributed by atoms with van der Waals surface area (Å²) in [5, 5.41) is 0. The lowest BCUT2D eigenvalue weighted by Crippen LogP contribution is -1.87. The molecule has 0 fully saturated rings. The first-order valence-corrected chi connectivity index (χ1v) is 4.86. The third kappa shape index (κ3) is 2.23. The summed E-state index contributed by atoms with van der Waals surface area (Å²) in [6.07, 6.45) is 0.973. The summed E-state index contributed by atoms with van der Waals surface area (Å²) in [6.45, 7) is 2.11. The highest BCUT2D eigenvalue weighted by atomic mass is 14.0. The molecular weight excluding hydrogens is 168 g/mol. The van der Waals surface area contributed by atoms with E-state index in [4.69, 9.17) is 0 Å². The maximum Gasteiger partial charge on any atom is -0.00196 e. The van der Waals surface area contributed by atoms with Crippen molar-refractivity contribution in [2.24, 2.45) is 0 Å². The van der Waals surface area contributed by atoms with Crippen molar-refractivity contribution in [3.8, 4) is 0 Å². The van der Waals surface area contributed by atoms with E-state index in [1.165, 1.54) is 16.7 Å². The Bertz CT molecular complexity index is 384. The SMILES string of the molecule is Cc1ccc(Cc2[c]cccc2)cc1. The molecule has 0 aromatic heterocycles. The Morgan fingerprint density at radius 1 is 1.00 bits per heavy atom. The first-order valence-electron chi connectivity index (χ1n) is 4.86. The molecule has 2 rings (SSSR count). The smallest absolute Gasteiger partial charge is 0.00196 e. The Kier molecular flexibility index (Phi) is 2.64. The van der Waals surface area contributed by atoms with E-state index in [2.05, 4.69) is 49.4 Å². The average molecular weight is 181 g/mol. The number of hydrogen-bond acceptors (Lipinski definition) is 0. The minimum absolute atomic E-state index is 0.973. The van der Waals surface area contributed by atoms with E-state index in [0.717, 1.165) is 6.42 Å². The van der Waals surface area contributed by atoms with Crippen LogP contribution in [-0.2, 0) is 6.42 Å². The van der Waals surface area contributed by atoms with Gasteiger partial charge in [-0.3, -0.25) is 0 Å². The van der Waals surface area contributed by atoms with E-state index >= 15 is 0 Å². The van der Waals surface area contributed by atoms with Crippen LogP contribution >= 0.6 is 0 Å². The molecule has 0 spiro atoms. The van der Waals surface area contributed by atoms with Gasteiger partial charge in [-0.1, -0.05) is 54.1 Å². The summed E-state index contributed by atoms with van der Waals surface area (Å²) in [4.78, 5) is 0. The van der Waals surface area contributed by atoms with Crippen LogP contribution in [0, 0.1) is 13.0 Å². The van der Waals surface area contributed by atoms with Crippen LogP contribution in [0.2, 0.25) is 0 Å². The summed E-state index contributed by atoms with van der Waals surface area (Å²) >= 11 is 0. The number of rotatable bonds is 2. The highest BCUT2D eigenvalue weighted by Crippen LogP contribution is 2.09. The van der Waals surface area contributed by atoms with Crippen LogP contribution in [0.15, 0.2) is 48.5 Å². The summed E-state index contributed by atoms with van der Waals surface area (Å²) in [5.41, 5.74) is 3.90. The molecule has 0 atom stereocenters. The summed E-state index contributed by atoms with van der Waals surface area (Å²) in [7, 11) is 0. The van der Waals surface area contributed by atoms with Gasteiger partial charge in [-0.05, 0) is 30.5 Å². The van der Waals surface area contributed by atoms with Gasteiger partial charge >= 0.3 is 0 Å². The van der Waals surface area contributed by atoms with Crippen molar-refractivity contribution in [3.63, 3.8) is 0 Å². The van der Waals surface area contributed by atoms with Gasteiger partial charge in [0.15, 0.2) is 0 Å². The standard InChI is InChI=1S/C14H13/c1-12-7-9-14(10-8-12)11-13-5-3-2-4-6-13/h2-5,7-10H,11H2,1H3. The summed E-state index contributed by atoms with van der Waals surface area (Å²) in [5.74, 6) is 0. The Balaban J connectivity index is 2.16. The van der Waals surface area contributed by atoms with Crippen molar-refractivity contribution in [1.29, 1.82) is 0 Å². The second-order valence-electron chi connectivity index (χ2n) is 3.55. The zero-order valence-electron chi connectivity index (χ0n) is 8.33. The molecule has 0 amide bonds. The van der Waals surface area contributed by atoms with Crippen LogP contribution in [0.25, 0.3) is 0 Å². The third-order valence-corrected chi connectivity index (χ3v) is 2.29. The summed E-state index contributed by atoms with van der Waals surface area (Å²) < 4.78 is 0. The van der Waals surface area contributed by atoms with E-state index in [1.54, 1.807) is 0 Å². The van der Waals surface area contributed by atoms with E-state index in [0.29, 0.717) is 0 Å². The lowest BCUT2D eigenvalue weighted by atomic mass is 10.0. The Morgan fingerprint density at radius 3 is 2.43 bits per heavy atom. The zero-order valence-corrected chi connectivity index (χ0v) is 8.33. The van der Waals surface area contributed by atoms with Gasteiger partial charge in [-0.15, -0.1) is 0 Å². The minimum atomic E-state index is 0.973. The molecule has 2 aromatic carbocycles. The van der Waals surface area contributed by atoms with Crippen LogP contribution in [0.5, 0.6) is 0 Å². The first-order chi connectivity index (χ1) is 6.84. The molecule has 0 aliphatic carbocycles. The van der Waals surface area contributed by atoms with Crippen molar-refractivity contribution >= 4 is 0 Å². The van der Waals surface area contributed by atoms with E-state index in [9.17, 15) is 0 Å². The third-order valence-electron chi connectivity index (χ3n) is 2.29. The van der Waals surface area contributed by atoms with Crippen molar-refractivity contribution in [1.82, 2.24) is 0 Å². The van der Waals surface area contributed by atoms with Crippen molar-refractivity contribution in [2.75, 3.05) is 0 Å². The molecule has 2 aromatic rings. The van der Waals surface area contributed by atoms with Crippen molar-refractivity contribution in [3.05, 3.63) is 71.3 Å². The zero-order chi connectivity index (χ0) is 9.80. The van der Waals surface area contributed by atoms with Crippen molar-refractivity contribution in [2.45, 2.75) is 13.3 Å². The molecular formula is C14H13. The Labute approximate surface area is 85.2 Å². The monoisotopic (exact) mass is 181 g/mol. The largest absolute Gasteiger partial charge is 0.0619 e. The van der Waals surface area contributed by atoms with Crippen LogP contribution in [-0.4, -0.2) is 0 Å². The molecule has 0 heterocycles. The molecule has 0 nitrogen and oxygen atoms in total. The fourth-order valence-corrected chi connectivity index (χ4v) is 1.47. The second kappa shape index (κ2) is 4.10. The van der Waals surface area contributed by atoms with Gasteiger partial charge in [0.25, 0.3) is 0 Å². The Morgan fingerprint density at radius 2 is 1.79 bits per heavy atom. The van der Waals surface area contributed by atoms with E-state index < -0.39 is 0 Å². The predicted molar refractivity (Wildman–Crippen MR) is 59.3 cm³/mol. The van der Waals surface area contributed by atoms with E-state index in [-0.39, 0.29) is 0 Å². The Hall–Kier alpha value is -1.56. The molecule has 0 heteroatoms. The molecule has 0 saturated carbocycles. The van der Waals surface area contributed by atoms with E-state index in [1.807, 2.05) is 12.1 Å². The molecule has 69 valence electrons. The highest BCUT2D eigenvalue weighted by Gasteiger charge is 1.94. The molecule has 0 unspecified atom stereocenters. The minimum Gasteiger partial charge on any atom is -0.0619 e. The van der Waals surface area contributed by atoms with Gasteiger partial charge in [0.2, 0.25) is 0 Å². The van der Waals surface area contributed by atoms with Gasteiger partial charge in [-0.25, -0.2) is 0 Å².